The lowest BCUT2D eigenvalue weighted by Gasteiger charge is -2.36. The Balaban J connectivity index is 0.946. The van der Waals surface area contributed by atoms with Crippen molar-refractivity contribution in [3.63, 3.8) is 0 Å². The predicted molar refractivity (Wildman–Crippen MR) is 228 cm³/mol. The second-order valence-electron chi connectivity index (χ2n) is 16.3. The molecule has 2 aliphatic heterocycles. The number of benzene rings is 3. The Hall–Kier alpha value is -3.58. The molecule has 4 atom stereocenters. The molecular formula is C46H59Cl2N3O8. The van der Waals surface area contributed by atoms with E-state index in [1.165, 1.54) is 0 Å². The molecule has 2 heterocycles. The Morgan fingerprint density at radius 2 is 1.61 bits per heavy atom. The van der Waals surface area contributed by atoms with Crippen LogP contribution in [0.5, 0.6) is 17.2 Å². The molecule has 2 saturated heterocycles. The third-order valence-electron chi connectivity index (χ3n) is 11.8. The van der Waals surface area contributed by atoms with Gasteiger partial charge >= 0.3 is 5.97 Å². The van der Waals surface area contributed by atoms with Crippen LogP contribution in [0.4, 0.5) is 0 Å². The van der Waals surface area contributed by atoms with Gasteiger partial charge in [-0.1, -0.05) is 41.4 Å². The molecule has 2 aliphatic carbocycles. The van der Waals surface area contributed by atoms with Gasteiger partial charge in [0.25, 0.3) is 0 Å². The summed E-state index contributed by atoms with van der Waals surface area (Å²) in [5, 5.41) is 4.46. The average Bonchev–Trinajstić information content (AvgIpc) is 4.18. The summed E-state index contributed by atoms with van der Waals surface area (Å²) in [5.41, 5.74) is 4.32. The van der Waals surface area contributed by atoms with E-state index in [4.69, 9.17) is 51.6 Å². The molecule has 0 unspecified atom stereocenters. The Morgan fingerprint density at radius 1 is 0.864 bits per heavy atom. The van der Waals surface area contributed by atoms with E-state index < -0.39 is 0 Å². The van der Waals surface area contributed by atoms with E-state index in [0.717, 1.165) is 112 Å². The van der Waals surface area contributed by atoms with Crippen LogP contribution in [0, 0.1) is 24.7 Å². The number of carbonyl (C=O) groups is 2. The molecule has 11 nitrogen and oxygen atoms in total. The van der Waals surface area contributed by atoms with Crippen LogP contribution < -0.4 is 19.5 Å². The topological polar surface area (TPSA) is 108 Å². The molecule has 2 saturated carbocycles. The first kappa shape index (κ1) is 43.5. The van der Waals surface area contributed by atoms with E-state index in [-0.39, 0.29) is 41.6 Å². The standard InChI is InChI=1S/C46H59Cl2N3O8/c1-31-22-42(47)44(43(48)23-31)57-21-20-56-37-9-5-34(6-10-37)39-11-12-49-28-41(39)45(52)51(36-7-8-36)29-33-24-32(4-3-16-54-2)25-38(26-33)59-30-35-27-40(35)46(53)58-19-15-50-13-17-55-18-14-50/h5-6,9-10,22-26,35-36,39-41,49H,3-4,7-8,11-21,27-30H2,1-2H3/t35-,39+,40+,41-/m0/s1. The van der Waals surface area contributed by atoms with Crippen molar-refractivity contribution in [3.05, 3.63) is 86.9 Å². The third-order valence-corrected chi connectivity index (χ3v) is 12.3. The van der Waals surface area contributed by atoms with Gasteiger partial charge in [-0.25, -0.2) is 0 Å². The zero-order chi connectivity index (χ0) is 41.1. The zero-order valence-corrected chi connectivity index (χ0v) is 35.9. The number of amides is 1. The summed E-state index contributed by atoms with van der Waals surface area (Å²) in [4.78, 5) is 31.7. The van der Waals surface area contributed by atoms with Crippen molar-refractivity contribution in [2.24, 2.45) is 17.8 Å². The van der Waals surface area contributed by atoms with Gasteiger partial charge < -0.3 is 38.6 Å². The van der Waals surface area contributed by atoms with Crippen molar-refractivity contribution in [2.45, 2.75) is 64.0 Å². The van der Waals surface area contributed by atoms with Gasteiger partial charge in [0.05, 0.1) is 41.7 Å². The number of halogens is 2. The number of rotatable bonds is 21. The first-order valence-corrected chi connectivity index (χ1v) is 22.0. The van der Waals surface area contributed by atoms with E-state index in [1.54, 1.807) is 7.11 Å². The lowest BCUT2D eigenvalue weighted by Crippen LogP contribution is -2.47. The molecule has 3 aromatic carbocycles. The van der Waals surface area contributed by atoms with Gasteiger partial charge in [-0.05, 0) is 117 Å². The summed E-state index contributed by atoms with van der Waals surface area (Å²) in [7, 11) is 1.72. The minimum Gasteiger partial charge on any atom is -0.493 e. The van der Waals surface area contributed by atoms with E-state index >= 15 is 0 Å². The number of ether oxygens (including phenoxy) is 6. The number of hydrogen-bond donors (Lipinski definition) is 1. The van der Waals surface area contributed by atoms with Crippen LogP contribution in [-0.2, 0) is 36.8 Å². The van der Waals surface area contributed by atoms with Crippen LogP contribution in [0.25, 0.3) is 0 Å². The van der Waals surface area contributed by atoms with Crippen molar-refractivity contribution >= 4 is 35.1 Å². The lowest BCUT2D eigenvalue weighted by molar-refractivity contribution is -0.146. The molecule has 3 aromatic rings. The van der Waals surface area contributed by atoms with Crippen LogP contribution in [0.3, 0.4) is 0 Å². The highest BCUT2D eigenvalue weighted by atomic mass is 35.5. The minimum atomic E-state index is -0.186. The van der Waals surface area contributed by atoms with Gasteiger partial charge in [0, 0.05) is 58.4 Å². The van der Waals surface area contributed by atoms with Crippen molar-refractivity contribution in [2.75, 3.05) is 86.1 Å². The van der Waals surface area contributed by atoms with Crippen LogP contribution in [0.15, 0.2) is 54.6 Å². The number of esters is 1. The number of methoxy groups -OCH3 is 1. The molecule has 59 heavy (non-hydrogen) atoms. The molecule has 1 amide bonds. The lowest BCUT2D eigenvalue weighted by atomic mass is 9.80. The molecule has 13 heteroatoms. The normalized spacial score (nSPS) is 21.8. The molecule has 4 fully saturated rings. The van der Waals surface area contributed by atoms with E-state index in [0.29, 0.717) is 61.9 Å². The molecule has 320 valence electrons. The molecule has 0 bridgehead atoms. The minimum absolute atomic E-state index is 0.0880. The SMILES string of the molecule is COCCCc1cc(CN(C(=O)[C@H]2CNCC[C@@H]2c2ccc(OCCOc3c(Cl)cc(C)cc3Cl)cc2)C2CC2)cc(OC[C@@H]2C[C@H]2C(=O)OCCN2CCOCC2)c1. The highest BCUT2D eigenvalue weighted by Crippen LogP contribution is 2.41. The van der Waals surface area contributed by atoms with Gasteiger partial charge in [0.1, 0.15) is 31.3 Å². The van der Waals surface area contributed by atoms with E-state index in [1.807, 2.05) is 31.2 Å². The summed E-state index contributed by atoms with van der Waals surface area (Å²) in [6.45, 7) is 10.1. The Labute approximate surface area is 358 Å². The van der Waals surface area contributed by atoms with Gasteiger partial charge in [-0.3, -0.25) is 14.5 Å². The largest absolute Gasteiger partial charge is 0.493 e. The summed E-state index contributed by atoms with van der Waals surface area (Å²) in [5.74, 6) is 1.96. The Kier molecular flexibility index (Phi) is 15.7. The van der Waals surface area contributed by atoms with Crippen LogP contribution in [-0.4, -0.2) is 114 Å². The number of carbonyl (C=O) groups excluding carboxylic acids is 2. The molecule has 0 radical (unpaired) electrons. The third kappa shape index (κ3) is 12.5. The number of hydrogen-bond acceptors (Lipinski definition) is 10. The van der Waals surface area contributed by atoms with Crippen LogP contribution >= 0.6 is 23.2 Å². The molecule has 1 N–H and O–H groups in total. The van der Waals surface area contributed by atoms with Gasteiger partial charge in [0.2, 0.25) is 5.91 Å². The van der Waals surface area contributed by atoms with Crippen LogP contribution in [0.2, 0.25) is 10.0 Å². The number of aryl methyl sites for hydroxylation is 2. The molecule has 7 rings (SSSR count). The maximum Gasteiger partial charge on any atom is 0.309 e. The fraction of sp³-hybridized carbons (Fsp3) is 0.565. The van der Waals surface area contributed by atoms with Crippen molar-refractivity contribution in [1.82, 2.24) is 15.1 Å². The number of nitrogens with zero attached hydrogens (tertiary/aromatic N) is 2. The van der Waals surface area contributed by atoms with E-state index in [9.17, 15) is 9.59 Å². The maximum atomic E-state index is 14.6. The monoisotopic (exact) mass is 851 g/mol. The fourth-order valence-electron chi connectivity index (χ4n) is 8.24. The molecule has 0 spiro atoms. The summed E-state index contributed by atoms with van der Waals surface area (Å²) < 4.78 is 34.6. The van der Waals surface area contributed by atoms with Gasteiger partial charge in [0.15, 0.2) is 5.75 Å². The molecule has 4 aliphatic rings. The quantitative estimate of drug-likeness (QED) is 0.0881. The molecular weight excluding hydrogens is 793 g/mol. The Bertz CT molecular complexity index is 1830. The van der Waals surface area contributed by atoms with E-state index in [2.05, 4.69) is 45.4 Å². The summed E-state index contributed by atoms with van der Waals surface area (Å²) in [6.07, 6.45) is 5.40. The zero-order valence-electron chi connectivity index (χ0n) is 34.4. The number of morpholine rings is 1. The summed E-state index contributed by atoms with van der Waals surface area (Å²) >= 11 is 12.7. The number of nitrogens with one attached hydrogen (secondary N) is 1. The highest BCUT2D eigenvalue weighted by Gasteiger charge is 2.45. The predicted octanol–water partition coefficient (Wildman–Crippen LogP) is 7.11. The van der Waals surface area contributed by atoms with Crippen molar-refractivity contribution < 1.29 is 38.0 Å². The van der Waals surface area contributed by atoms with Crippen LogP contribution in [0.1, 0.15) is 60.3 Å². The first-order valence-electron chi connectivity index (χ1n) is 21.3. The molecule has 0 aromatic heterocycles. The van der Waals surface area contributed by atoms with Crippen molar-refractivity contribution in [3.8, 4) is 17.2 Å². The second-order valence-corrected chi connectivity index (χ2v) is 17.2. The van der Waals surface area contributed by atoms with Gasteiger partial charge in [-0.2, -0.15) is 0 Å². The maximum absolute atomic E-state index is 14.6. The number of piperidine rings is 1. The smallest absolute Gasteiger partial charge is 0.309 e. The first-order chi connectivity index (χ1) is 28.7. The fourth-order valence-corrected chi connectivity index (χ4v) is 8.94. The average molecular weight is 853 g/mol. The highest BCUT2D eigenvalue weighted by molar-refractivity contribution is 6.37. The Morgan fingerprint density at radius 3 is 2.36 bits per heavy atom. The second kappa shape index (κ2) is 21.3. The van der Waals surface area contributed by atoms with Gasteiger partial charge in [-0.15, -0.1) is 0 Å². The summed E-state index contributed by atoms with van der Waals surface area (Å²) in [6, 6.07) is 18.4. The van der Waals surface area contributed by atoms with Crippen molar-refractivity contribution in [1.29, 1.82) is 0 Å².